The fourth-order valence-corrected chi connectivity index (χ4v) is 4.54. The molecule has 1 aromatic heterocycles. The second-order valence-corrected chi connectivity index (χ2v) is 8.76. The van der Waals surface area contributed by atoms with Crippen molar-refractivity contribution in [3.63, 3.8) is 0 Å². The van der Waals surface area contributed by atoms with E-state index in [9.17, 15) is 4.79 Å². The minimum Gasteiger partial charge on any atom is -0.512 e. The number of aliphatic hydroxyl groups excluding tert-OH is 1. The molecule has 4 nitrogen and oxygen atoms in total. The quantitative estimate of drug-likeness (QED) is 0.190. The first-order valence-corrected chi connectivity index (χ1v) is 11.6. The summed E-state index contributed by atoms with van der Waals surface area (Å²) in [6.07, 6.45) is 13.0. The summed E-state index contributed by atoms with van der Waals surface area (Å²) in [5.41, 5.74) is 9.73. The van der Waals surface area contributed by atoms with Gasteiger partial charge in [0.25, 0.3) is 0 Å². The molecule has 5 rings (SSSR count). The number of carbonyl (C=O) groups excluding carboxylic acids is 1. The zero-order valence-corrected chi connectivity index (χ0v) is 23.2. The van der Waals surface area contributed by atoms with Gasteiger partial charge in [0.15, 0.2) is 5.78 Å². The molecule has 0 aliphatic carbocycles. The van der Waals surface area contributed by atoms with Gasteiger partial charge in [-0.15, -0.1) is 6.08 Å². The van der Waals surface area contributed by atoms with Crippen molar-refractivity contribution in [2.24, 2.45) is 0 Å². The van der Waals surface area contributed by atoms with Gasteiger partial charge in [0.05, 0.1) is 5.76 Å². The van der Waals surface area contributed by atoms with E-state index in [1.165, 1.54) is 53.2 Å². The van der Waals surface area contributed by atoms with E-state index in [2.05, 4.69) is 90.5 Å². The average molecular weight is 652 g/mol. The Morgan fingerprint density at radius 1 is 0.972 bits per heavy atom. The molecule has 0 unspecified atom stereocenters. The van der Waals surface area contributed by atoms with E-state index in [1.54, 1.807) is 0 Å². The van der Waals surface area contributed by atoms with Gasteiger partial charge >= 0.3 is 6.85 Å². The van der Waals surface area contributed by atoms with Crippen LogP contribution in [0.5, 0.6) is 0 Å². The summed E-state index contributed by atoms with van der Waals surface area (Å²) in [5.74, 6) is -0.0625. The Hall–Kier alpha value is -3.47. The number of hydrogen-bond acceptors (Lipinski definition) is 4. The van der Waals surface area contributed by atoms with Gasteiger partial charge in [-0.2, -0.15) is 11.6 Å². The fraction of sp³-hybridized carbons (Fsp3) is 0.133. The Kier molecular flexibility index (Phi) is 9.03. The number of allylic oxidation sites excluding steroid dienone is 5. The van der Waals surface area contributed by atoms with E-state index in [0.29, 0.717) is 0 Å². The number of rotatable bonds is 3. The van der Waals surface area contributed by atoms with E-state index in [0.717, 1.165) is 11.3 Å². The average Bonchev–Trinajstić information content (AvgIpc) is 2.83. The molecule has 2 aliphatic heterocycles. The first kappa shape index (κ1) is 27.1. The minimum absolute atomic E-state index is 0. The van der Waals surface area contributed by atoms with Crippen LogP contribution < -0.4 is 10.9 Å². The molecular formula is C30H28BIrN2O2-. The third kappa shape index (κ3) is 6.02. The van der Waals surface area contributed by atoms with E-state index < -0.39 is 0 Å². The van der Waals surface area contributed by atoms with Crippen molar-refractivity contribution >= 4 is 35.2 Å². The van der Waals surface area contributed by atoms with Gasteiger partial charge in [-0.1, -0.05) is 71.9 Å². The summed E-state index contributed by atoms with van der Waals surface area (Å²) in [4.78, 5) is 16.8. The topological polar surface area (TPSA) is 53.4 Å². The Labute approximate surface area is 227 Å². The molecule has 0 amide bonds. The third-order valence-corrected chi connectivity index (χ3v) is 5.99. The smallest absolute Gasteiger partial charge is 0.327 e. The van der Waals surface area contributed by atoms with Crippen LogP contribution in [0.2, 0.25) is 0 Å². The van der Waals surface area contributed by atoms with Crippen LogP contribution >= 0.6 is 0 Å². The second kappa shape index (κ2) is 12.0. The summed E-state index contributed by atoms with van der Waals surface area (Å²) >= 11 is 0. The Bertz CT molecular complexity index is 1350. The minimum atomic E-state index is -0.125. The molecule has 0 saturated heterocycles. The molecule has 0 spiro atoms. The monoisotopic (exact) mass is 652 g/mol. The van der Waals surface area contributed by atoms with Crippen LogP contribution in [0, 0.1) is 19.9 Å². The molecule has 3 heterocycles. The third-order valence-electron chi connectivity index (χ3n) is 5.99. The number of aromatic nitrogens is 1. The van der Waals surface area contributed by atoms with Crippen molar-refractivity contribution in [1.29, 1.82) is 0 Å². The van der Waals surface area contributed by atoms with Crippen LogP contribution in [0.4, 0.5) is 0 Å². The molecule has 0 bridgehead atoms. The van der Waals surface area contributed by atoms with Gasteiger partial charge in [0, 0.05) is 32.4 Å². The van der Waals surface area contributed by atoms with Crippen molar-refractivity contribution in [3.8, 4) is 0 Å². The van der Waals surface area contributed by atoms with Crippen LogP contribution in [0.25, 0.3) is 11.6 Å². The predicted molar refractivity (Wildman–Crippen MR) is 144 cm³/mol. The maximum Gasteiger partial charge on any atom is 0.327 e. The number of pyridine rings is 1. The first-order chi connectivity index (χ1) is 16.8. The van der Waals surface area contributed by atoms with E-state index in [-0.39, 0.29) is 38.5 Å². The molecule has 2 aromatic carbocycles. The molecule has 6 heteroatoms. The van der Waals surface area contributed by atoms with Gasteiger partial charge in [-0.3, -0.25) is 4.79 Å². The number of fused-ring (bicyclic) bond motifs is 2. The standard InChI is InChI=1S/C25H20BN2.C5H8O2.Ir/c1-18-8-7-9-19(2)25(18)26-23-11-4-3-10-20(23)16-22-17-21(13-15-28(22)26)24-12-5-6-14-27-24;1-4(6)3-5(2)7;/h3-12,14-17H,1-2H3;3,6H,1-2H3;/q-1;;/b;4-3-;. The molecule has 36 heavy (non-hydrogen) atoms. The van der Waals surface area contributed by atoms with Crippen LogP contribution in [0.15, 0.2) is 96.7 Å². The molecule has 0 atom stereocenters. The Morgan fingerprint density at radius 2 is 1.67 bits per heavy atom. The van der Waals surface area contributed by atoms with Gasteiger partial charge < -0.3 is 14.9 Å². The predicted octanol–water partition coefficient (Wildman–Crippen LogP) is 4.91. The number of nitrogens with zero attached hydrogens (tertiary/aromatic N) is 2. The van der Waals surface area contributed by atoms with Gasteiger partial charge in [0.1, 0.15) is 0 Å². The van der Waals surface area contributed by atoms with E-state index >= 15 is 0 Å². The second-order valence-electron chi connectivity index (χ2n) is 8.76. The maximum absolute atomic E-state index is 10.0. The summed E-state index contributed by atoms with van der Waals surface area (Å²) in [7, 11) is 0. The van der Waals surface area contributed by atoms with Gasteiger partial charge in [0.2, 0.25) is 0 Å². The molecule has 1 radical (unpaired) electrons. The van der Waals surface area contributed by atoms with Crippen LogP contribution in [-0.4, -0.2) is 27.5 Å². The molecule has 3 aromatic rings. The van der Waals surface area contributed by atoms with Crippen molar-refractivity contribution in [2.45, 2.75) is 27.7 Å². The fourth-order valence-electron chi connectivity index (χ4n) is 4.54. The number of aryl methyl sites for hydroxylation is 2. The Morgan fingerprint density at radius 3 is 2.28 bits per heavy atom. The first-order valence-electron chi connectivity index (χ1n) is 11.6. The van der Waals surface area contributed by atoms with Crippen LogP contribution in [0.3, 0.4) is 0 Å². The molecule has 2 aliphatic rings. The summed E-state index contributed by atoms with van der Waals surface area (Å²) < 4.78 is 0. The van der Waals surface area contributed by atoms with Crippen LogP contribution in [0.1, 0.15) is 36.2 Å². The zero-order chi connectivity index (χ0) is 24.9. The normalized spacial score (nSPS) is 13.8. The molecule has 0 saturated carbocycles. The van der Waals surface area contributed by atoms with Crippen molar-refractivity contribution in [2.75, 3.05) is 0 Å². The summed E-state index contributed by atoms with van der Waals surface area (Å²) in [5, 5.41) is 8.36. The number of benzene rings is 2. The van der Waals surface area contributed by atoms with Crippen molar-refractivity contribution in [1.82, 2.24) is 9.79 Å². The van der Waals surface area contributed by atoms with Gasteiger partial charge in [-0.05, 0) is 67.7 Å². The molecule has 0 fully saturated rings. The number of aliphatic hydroxyl groups is 1. The summed E-state index contributed by atoms with van der Waals surface area (Å²) in [6, 6.07) is 21.2. The summed E-state index contributed by atoms with van der Waals surface area (Å²) in [6.45, 7) is 7.40. The Balaban J connectivity index is 0.000000400. The van der Waals surface area contributed by atoms with Crippen molar-refractivity contribution in [3.05, 3.63) is 125 Å². The number of ketones is 1. The largest absolute Gasteiger partial charge is 0.512 e. The van der Waals surface area contributed by atoms with E-state index in [4.69, 9.17) is 5.11 Å². The van der Waals surface area contributed by atoms with E-state index in [1.807, 2.05) is 24.4 Å². The number of carbonyl (C=O) groups is 1. The van der Waals surface area contributed by atoms with Crippen molar-refractivity contribution < 1.29 is 30.0 Å². The molecule has 183 valence electrons. The molecular weight excluding hydrogens is 623 g/mol. The van der Waals surface area contributed by atoms with Crippen LogP contribution in [-0.2, 0) is 24.9 Å². The SMILES string of the molecule is CC(=O)/C=C(/C)O.Cc1cccc(C)c1B1c2ccccc2C=C2C=C(c3ccccn3)[C-]=CN12.[Ir]. The zero-order valence-electron chi connectivity index (χ0n) is 20.8. The maximum atomic E-state index is 10.0. The number of hydrogen-bond donors (Lipinski definition) is 1. The molecule has 1 N–H and O–H groups in total. The van der Waals surface area contributed by atoms with Gasteiger partial charge in [-0.25, -0.2) is 0 Å².